The lowest BCUT2D eigenvalue weighted by atomic mass is 10.0. The van der Waals surface area contributed by atoms with Crippen molar-refractivity contribution in [2.45, 2.75) is 24.1 Å². The molecule has 1 amide bonds. The fourth-order valence-corrected chi connectivity index (χ4v) is 4.18. The molecule has 0 saturated carbocycles. The topological polar surface area (TPSA) is 119 Å². The minimum atomic E-state index is -0.524. The second-order valence-corrected chi connectivity index (χ2v) is 8.95. The van der Waals surface area contributed by atoms with Gasteiger partial charge in [-0.25, -0.2) is 0 Å². The Bertz CT molecular complexity index is 1070. The van der Waals surface area contributed by atoms with Gasteiger partial charge < -0.3 is 15.4 Å². The Morgan fingerprint density at radius 3 is 2.61 bits per heavy atom. The highest BCUT2D eigenvalue weighted by Crippen LogP contribution is 2.31. The molecule has 9 nitrogen and oxygen atoms in total. The molecule has 0 atom stereocenters. The van der Waals surface area contributed by atoms with Crippen LogP contribution in [0.3, 0.4) is 0 Å². The van der Waals surface area contributed by atoms with E-state index >= 15 is 0 Å². The summed E-state index contributed by atoms with van der Waals surface area (Å²) >= 11 is 2.60. The van der Waals surface area contributed by atoms with Crippen LogP contribution >= 0.6 is 23.1 Å². The van der Waals surface area contributed by atoms with Crippen LogP contribution in [0, 0.1) is 10.1 Å². The first-order valence-electron chi connectivity index (χ1n) is 9.31. The van der Waals surface area contributed by atoms with E-state index in [4.69, 9.17) is 4.74 Å². The molecular weight excluding hydrogens is 438 g/mol. The maximum atomic E-state index is 12.3. The van der Waals surface area contributed by atoms with Gasteiger partial charge in [0, 0.05) is 11.8 Å². The number of nitrogens with zero attached hydrogens (tertiary/aromatic N) is 3. The van der Waals surface area contributed by atoms with Crippen LogP contribution < -0.4 is 15.4 Å². The number of carbonyl (C=O) groups excluding carboxylic acids is 1. The third-order valence-electron chi connectivity index (χ3n) is 4.23. The first-order chi connectivity index (χ1) is 14.9. The average Bonchev–Trinajstić information content (AvgIpc) is 3.20. The van der Waals surface area contributed by atoms with E-state index in [0.29, 0.717) is 21.1 Å². The molecule has 0 fully saturated rings. The van der Waals surface area contributed by atoms with Crippen LogP contribution in [0.15, 0.2) is 46.8 Å². The largest absolute Gasteiger partial charge is 0.494 e. The Hall–Kier alpha value is -3.18. The first-order valence-corrected chi connectivity index (χ1v) is 11.1. The van der Waals surface area contributed by atoms with Crippen LogP contribution in [0.25, 0.3) is 0 Å². The van der Waals surface area contributed by atoms with Gasteiger partial charge in [-0.3, -0.25) is 14.9 Å². The maximum absolute atomic E-state index is 12.3. The van der Waals surface area contributed by atoms with Crippen molar-refractivity contribution in [1.82, 2.24) is 10.2 Å². The Morgan fingerprint density at radius 1 is 1.23 bits per heavy atom. The number of carbonyl (C=O) groups is 1. The third kappa shape index (κ3) is 6.15. The van der Waals surface area contributed by atoms with E-state index < -0.39 is 4.92 Å². The van der Waals surface area contributed by atoms with E-state index in [-0.39, 0.29) is 23.1 Å². The summed E-state index contributed by atoms with van der Waals surface area (Å²) in [6, 6.07) is 12.1. The SMILES string of the molecule is COc1cc([N+](=O)[O-])ccc1NC(=O)CSc1nnc(Nc2ccc(C(C)C)cc2)s1. The van der Waals surface area contributed by atoms with E-state index in [1.54, 1.807) is 0 Å². The van der Waals surface area contributed by atoms with E-state index in [2.05, 4.69) is 46.8 Å². The monoisotopic (exact) mass is 459 g/mol. The van der Waals surface area contributed by atoms with Crippen molar-refractivity contribution in [3.05, 3.63) is 58.1 Å². The fourth-order valence-electron chi connectivity index (χ4n) is 2.60. The molecule has 0 saturated heterocycles. The number of amides is 1. The predicted octanol–water partition coefficient (Wildman–Crippen LogP) is 5.05. The van der Waals surface area contributed by atoms with Crippen LogP contribution in [0.4, 0.5) is 22.2 Å². The lowest BCUT2D eigenvalue weighted by Gasteiger charge is -2.09. The van der Waals surface area contributed by atoms with Crippen LogP contribution in [0.5, 0.6) is 5.75 Å². The van der Waals surface area contributed by atoms with Gasteiger partial charge in [0.15, 0.2) is 4.34 Å². The number of aromatic nitrogens is 2. The molecule has 0 aliphatic heterocycles. The summed E-state index contributed by atoms with van der Waals surface area (Å²) in [6.07, 6.45) is 0. The van der Waals surface area contributed by atoms with Crippen molar-refractivity contribution in [2.75, 3.05) is 23.5 Å². The molecule has 0 unspecified atom stereocenters. The molecule has 3 aromatic rings. The van der Waals surface area contributed by atoms with E-state index in [9.17, 15) is 14.9 Å². The van der Waals surface area contributed by atoms with Gasteiger partial charge in [-0.2, -0.15) is 0 Å². The number of nitro groups is 1. The van der Waals surface area contributed by atoms with E-state index in [1.165, 1.54) is 54.0 Å². The number of benzene rings is 2. The van der Waals surface area contributed by atoms with E-state index in [0.717, 1.165) is 5.69 Å². The summed E-state index contributed by atoms with van der Waals surface area (Å²) < 4.78 is 5.77. The summed E-state index contributed by atoms with van der Waals surface area (Å²) in [5, 5.41) is 25.6. The van der Waals surface area contributed by atoms with Crippen molar-refractivity contribution in [3.63, 3.8) is 0 Å². The highest BCUT2D eigenvalue weighted by molar-refractivity contribution is 8.01. The van der Waals surface area contributed by atoms with Crippen molar-refractivity contribution in [3.8, 4) is 5.75 Å². The van der Waals surface area contributed by atoms with Gasteiger partial charge in [0.2, 0.25) is 11.0 Å². The van der Waals surface area contributed by atoms with Crippen LogP contribution in [0.2, 0.25) is 0 Å². The van der Waals surface area contributed by atoms with Crippen molar-refractivity contribution in [1.29, 1.82) is 0 Å². The number of nitro benzene ring substituents is 1. The van der Waals surface area contributed by atoms with Gasteiger partial charge in [-0.15, -0.1) is 10.2 Å². The molecule has 0 spiro atoms. The molecular formula is C20H21N5O4S2. The molecule has 1 heterocycles. The maximum Gasteiger partial charge on any atom is 0.273 e. The van der Waals surface area contributed by atoms with Crippen molar-refractivity contribution in [2.24, 2.45) is 0 Å². The van der Waals surface area contributed by atoms with Gasteiger partial charge in [-0.05, 0) is 29.7 Å². The van der Waals surface area contributed by atoms with E-state index in [1.807, 2.05) is 12.1 Å². The van der Waals surface area contributed by atoms with Gasteiger partial charge in [-0.1, -0.05) is 49.1 Å². The molecule has 2 aromatic carbocycles. The summed E-state index contributed by atoms with van der Waals surface area (Å²) in [5.41, 5.74) is 2.43. The zero-order valence-electron chi connectivity index (χ0n) is 17.1. The lowest BCUT2D eigenvalue weighted by molar-refractivity contribution is -0.384. The van der Waals surface area contributed by atoms with Gasteiger partial charge in [0.05, 0.1) is 29.5 Å². The summed E-state index contributed by atoms with van der Waals surface area (Å²) in [7, 11) is 1.38. The van der Waals surface area contributed by atoms with Gasteiger partial charge in [0.25, 0.3) is 5.69 Å². The van der Waals surface area contributed by atoms with Gasteiger partial charge in [0.1, 0.15) is 5.75 Å². The molecule has 0 bridgehead atoms. The summed E-state index contributed by atoms with van der Waals surface area (Å²) in [6.45, 7) is 4.29. The molecule has 162 valence electrons. The molecule has 31 heavy (non-hydrogen) atoms. The molecule has 11 heteroatoms. The number of nitrogens with one attached hydrogen (secondary N) is 2. The summed E-state index contributed by atoms with van der Waals surface area (Å²) in [4.78, 5) is 22.6. The number of thioether (sulfide) groups is 1. The Balaban J connectivity index is 1.54. The number of ether oxygens (including phenoxy) is 1. The molecule has 0 radical (unpaired) electrons. The number of non-ortho nitro benzene ring substituents is 1. The summed E-state index contributed by atoms with van der Waals surface area (Å²) in [5.74, 6) is 0.512. The Labute approximate surface area is 187 Å². The highest BCUT2D eigenvalue weighted by atomic mass is 32.2. The van der Waals surface area contributed by atoms with Gasteiger partial charge >= 0.3 is 0 Å². The Morgan fingerprint density at radius 2 is 1.97 bits per heavy atom. The number of anilines is 3. The van der Waals surface area contributed by atoms with Crippen LogP contribution in [-0.4, -0.2) is 33.9 Å². The smallest absolute Gasteiger partial charge is 0.273 e. The van der Waals surface area contributed by atoms with Crippen LogP contribution in [0.1, 0.15) is 25.3 Å². The minimum absolute atomic E-state index is 0.109. The highest BCUT2D eigenvalue weighted by Gasteiger charge is 2.14. The fraction of sp³-hybridized carbons (Fsp3) is 0.250. The molecule has 0 aliphatic rings. The normalized spacial score (nSPS) is 10.7. The third-order valence-corrected chi connectivity index (χ3v) is 6.20. The number of methoxy groups -OCH3 is 1. The lowest BCUT2D eigenvalue weighted by Crippen LogP contribution is -2.14. The molecule has 3 rings (SSSR count). The Kier molecular flexibility index (Phi) is 7.42. The van der Waals surface area contributed by atoms with Crippen molar-refractivity contribution >= 4 is 51.2 Å². The predicted molar refractivity (Wildman–Crippen MR) is 123 cm³/mol. The first kappa shape index (κ1) is 22.5. The number of rotatable bonds is 9. The standard InChI is InChI=1S/C20H21N5O4S2/c1-12(2)13-4-6-14(7-5-13)21-19-23-24-20(31-19)30-11-18(26)22-16-9-8-15(25(27)28)10-17(16)29-3/h4-10,12H,11H2,1-3H3,(H,21,23)(H,22,26). The quantitative estimate of drug-likeness (QED) is 0.259. The van der Waals surface area contributed by atoms with Crippen LogP contribution in [-0.2, 0) is 4.79 Å². The number of hydrogen-bond acceptors (Lipinski definition) is 9. The zero-order chi connectivity index (χ0) is 22.4. The minimum Gasteiger partial charge on any atom is -0.494 e. The molecule has 1 aromatic heterocycles. The second kappa shape index (κ2) is 10.2. The van der Waals surface area contributed by atoms with Crippen molar-refractivity contribution < 1.29 is 14.5 Å². The molecule has 0 aliphatic carbocycles. The average molecular weight is 460 g/mol. The second-order valence-electron chi connectivity index (χ2n) is 6.75. The molecule has 2 N–H and O–H groups in total. The number of hydrogen-bond donors (Lipinski definition) is 2. The zero-order valence-corrected chi connectivity index (χ0v) is 18.8.